The fourth-order valence-corrected chi connectivity index (χ4v) is 2.05. The van der Waals surface area contributed by atoms with Crippen molar-refractivity contribution in [3.05, 3.63) is 59.3 Å². The number of amides is 1. The molecule has 1 amide bonds. The second kappa shape index (κ2) is 8.35. The highest BCUT2D eigenvalue weighted by molar-refractivity contribution is 5.92. The van der Waals surface area contributed by atoms with Gasteiger partial charge in [0.2, 0.25) is 5.88 Å². The number of aryl methyl sites for hydroxylation is 1. The molecule has 1 aromatic heterocycles. The van der Waals surface area contributed by atoms with Crippen molar-refractivity contribution in [2.75, 3.05) is 13.2 Å². The van der Waals surface area contributed by atoms with Crippen LogP contribution in [0.25, 0.3) is 0 Å². The summed E-state index contributed by atoms with van der Waals surface area (Å²) in [6.45, 7) is 1.12. The number of benzene rings is 1. The molecule has 0 aliphatic rings. The standard InChI is InChI=1S/C17H18F2N2O3/c1-11-4-2-5-12(8-11)14(22)9-20-17(23)13-6-3-7-16(21-13)24-10-15(18)19/h2-8,14-15,22H,9-10H2,1H3,(H,20,23). The molecule has 24 heavy (non-hydrogen) atoms. The lowest BCUT2D eigenvalue weighted by atomic mass is 10.1. The van der Waals surface area contributed by atoms with Crippen LogP contribution in [0.2, 0.25) is 0 Å². The van der Waals surface area contributed by atoms with E-state index in [1.54, 1.807) is 6.07 Å². The van der Waals surface area contributed by atoms with Gasteiger partial charge in [-0.3, -0.25) is 4.79 Å². The number of rotatable bonds is 7. The molecule has 0 radical (unpaired) electrons. The van der Waals surface area contributed by atoms with Gasteiger partial charge in [0.25, 0.3) is 12.3 Å². The van der Waals surface area contributed by atoms with Gasteiger partial charge in [-0.05, 0) is 18.6 Å². The quantitative estimate of drug-likeness (QED) is 0.815. The molecule has 1 aromatic carbocycles. The lowest BCUT2D eigenvalue weighted by Crippen LogP contribution is -2.29. The number of aliphatic hydroxyl groups is 1. The molecule has 0 saturated carbocycles. The van der Waals surface area contributed by atoms with Crippen molar-refractivity contribution in [2.24, 2.45) is 0 Å². The van der Waals surface area contributed by atoms with Crippen molar-refractivity contribution in [3.63, 3.8) is 0 Å². The van der Waals surface area contributed by atoms with Crippen LogP contribution in [-0.4, -0.2) is 35.6 Å². The molecule has 2 rings (SSSR count). The number of aliphatic hydroxyl groups excluding tert-OH is 1. The molecule has 0 aliphatic carbocycles. The predicted octanol–water partition coefficient (Wildman–Crippen LogP) is 2.50. The van der Waals surface area contributed by atoms with E-state index >= 15 is 0 Å². The number of pyridine rings is 1. The van der Waals surface area contributed by atoms with Gasteiger partial charge in [0.15, 0.2) is 6.61 Å². The Kier molecular flexibility index (Phi) is 6.20. The third-order valence-corrected chi connectivity index (χ3v) is 3.20. The van der Waals surface area contributed by atoms with Crippen LogP contribution in [0.1, 0.15) is 27.7 Å². The van der Waals surface area contributed by atoms with Gasteiger partial charge in [0.1, 0.15) is 5.69 Å². The summed E-state index contributed by atoms with van der Waals surface area (Å²) < 4.78 is 29.0. The van der Waals surface area contributed by atoms with E-state index < -0.39 is 25.0 Å². The Morgan fingerprint density at radius 1 is 1.29 bits per heavy atom. The maximum Gasteiger partial charge on any atom is 0.272 e. The number of nitrogens with one attached hydrogen (secondary N) is 1. The van der Waals surface area contributed by atoms with Crippen LogP contribution in [0.3, 0.4) is 0 Å². The molecule has 2 aromatic rings. The Labute approximate surface area is 138 Å². The van der Waals surface area contributed by atoms with Crippen molar-refractivity contribution in [2.45, 2.75) is 19.5 Å². The maximum atomic E-state index is 12.1. The van der Waals surface area contributed by atoms with Crippen LogP contribution < -0.4 is 10.1 Å². The summed E-state index contributed by atoms with van der Waals surface area (Å²) in [6, 6.07) is 11.6. The predicted molar refractivity (Wildman–Crippen MR) is 84.2 cm³/mol. The molecular formula is C17H18F2N2O3. The normalized spacial score (nSPS) is 12.0. The van der Waals surface area contributed by atoms with E-state index in [1.165, 1.54) is 18.2 Å². The lowest BCUT2D eigenvalue weighted by Gasteiger charge is -2.13. The van der Waals surface area contributed by atoms with E-state index in [2.05, 4.69) is 10.3 Å². The topological polar surface area (TPSA) is 71.5 Å². The first-order chi connectivity index (χ1) is 11.5. The number of ether oxygens (including phenoxy) is 1. The summed E-state index contributed by atoms with van der Waals surface area (Å²) in [4.78, 5) is 15.9. The second-order valence-corrected chi connectivity index (χ2v) is 5.20. The zero-order valence-electron chi connectivity index (χ0n) is 13.1. The van der Waals surface area contributed by atoms with Crippen molar-refractivity contribution in [1.29, 1.82) is 0 Å². The van der Waals surface area contributed by atoms with Gasteiger partial charge < -0.3 is 15.2 Å². The minimum Gasteiger partial charge on any atom is -0.472 e. The van der Waals surface area contributed by atoms with Crippen LogP contribution in [0.5, 0.6) is 5.88 Å². The molecule has 1 atom stereocenters. The molecule has 0 bridgehead atoms. The van der Waals surface area contributed by atoms with Gasteiger partial charge >= 0.3 is 0 Å². The third kappa shape index (κ3) is 5.27. The molecule has 128 valence electrons. The van der Waals surface area contributed by atoms with E-state index in [-0.39, 0.29) is 18.1 Å². The van der Waals surface area contributed by atoms with Crippen LogP contribution in [0.4, 0.5) is 8.78 Å². The van der Waals surface area contributed by atoms with E-state index in [4.69, 9.17) is 4.74 Å². The molecule has 0 fully saturated rings. The summed E-state index contributed by atoms with van der Waals surface area (Å²) in [5.74, 6) is -0.577. The first-order valence-electron chi connectivity index (χ1n) is 7.36. The monoisotopic (exact) mass is 336 g/mol. The summed E-state index contributed by atoms with van der Waals surface area (Å²) in [5, 5.41) is 12.7. The SMILES string of the molecule is Cc1cccc(C(O)CNC(=O)c2cccc(OCC(F)F)n2)c1. The van der Waals surface area contributed by atoms with Gasteiger partial charge in [-0.2, -0.15) is 0 Å². The molecule has 0 saturated heterocycles. The number of alkyl halides is 2. The van der Waals surface area contributed by atoms with Crippen molar-refractivity contribution >= 4 is 5.91 Å². The molecule has 7 heteroatoms. The first kappa shape index (κ1) is 17.8. The van der Waals surface area contributed by atoms with Crippen LogP contribution in [-0.2, 0) is 0 Å². The number of carbonyl (C=O) groups is 1. The van der Waals surface area contributed by atoms with Crippen molar-refractivity contribution in [1.82, 2.24) is 10.3 Å². The smallest absolute Gasteiger partial charge is 0.272 e. The number of halogens is 2. The van der Waals surface area contributed by atoms with E-state index in [0.29, 0.717) is 5.56 Å². The highest BCUT2D eigenvalue weighted by Crippen LogP contribution is 2.14. The highest BCUT2D eigenvalue weighted by Gasteiger charge is 2.13. The number of hydrogen-bond donors (Lipinski definition) is 2. The summed E-state index contributed by atoms with van der Waals surface area (Å²) in [5.41, 5.74) is 1.72. The molecule has 0 aliphatic heterocycles. The largest absolute Gasteiger partial charge is 0.472 e. The van der Waals surface area contributed by atoms with Gasteiger partial charge in [-0.1, -0.05) is 35.9 Å². The maximum absolute atomic E-state index is 12.1. The number of carbonyl (C=O) groups excluding carboxylic acids is 1. The summed E-state index contributed by atoms with van der Waals surface area (Å²) in [7, 11) is 0. The molecule has 0 spiro atoms. The van der Waals surface area contributed by atoms with E-state index in [9.17, 15) is 18.7 Å². The van der Waals surface area contributed by atoms with E-state index in [1.807, 2.05) is 25.1 Å². The van der Waals surface area contributed by atoms with Crippen LogP contribution in [0, 0.1) is 6.92 Å². The number of nitrogens with zero attached hydrogens (tertiary/aromatic N) is 1. The summed E-state index contributed by atoms with van der Waals surface area (Å²) >= 11 is 0. The Balaban J connectivity index is 1.93. The molecular weight excluding hydrogens is 318 g/mol. The fourth-order valence-electron chi connectivity index (χ4n) is 2.05. The zero-order chi connectivity index (χ0) is 17.5. The van der Waals surface area contributed by atoms with Gasteiger partial charge in [0.05, 0.1) is 6.10 Å². The van der Waals surface area contributed by atoms with Crippen molar-refractivity contribution in [3.8, 4) is 5.88 Å². The van der Waals surface area contributed by atoms with Crippen LogP contribution in [0.15, 0.2) is 42.5 Å². The third-order valence-electron chi connectivity index (χ3n) is 3.20. The Morgan fingerprint density at radius 2 is 2.04 bits per heavy atom. The molecule has 5 nitrogen and oxygen atoms in total. The minimum atomic E-state index is -2.62. The Morgan fingerprint density at radius 3 is 2.75 bits per heavy atom. The zero-order valence-corrected chi connectivity index (χ0v) is 13.1. The average Bonchev–Trinajstić information content (AvgIpc) is 2.57. The van der Waals surface area contributed by atoms with Gasteiger partial charge in [0, 0.05) is 12.6 Å². The fraction of sp³-hybridized carbons (Fsp3) is 0.294. The lowest BCUT2D eigenvalue weighted by molar-refractivity contribution is 0.0791. The molecule has 1 unspecified atom stereocenters. The summed E-state index contributed by atoms with van der Waals surface area (Å²) in [6.07, 6.45) is -3.47. The Hall–Kier alpha value is -2.54. The highest BCUT2D eigenvalue weighted by atomic mass is 19.3. The minimum absolute atomic E-state index is 0.00604. The van der Waals surface area contributed by atoms with E-state index in [0.717, 1.165) is 5.56 Å². The van der Waals surface area contributed by atoms with Gasteiger partial charge in [-0.25, -0.2) is 13.8 Å². The number of hydrogen-bond acceptors (Lipinski definition) is 4. The molecule has 2 N–H and O–H groups in total. The average molecular weight is 336 g/mol. The van der Waals surface area contributed by atoms with Crippen LogP contribution >= 0.6 is 0 Å². The number of aromatic nitrogens is 1. The molecule has 1 heterocycles. The van der Waals surface area contributed by atoms with Crippen molar-refractivity contribution < 1.29 is 23.4 Å². The Bertz CT molecular complexity index is 695. The second-order valence-electron chi connectivity index (χ2n) is 5.20. The first-order valence-corrected chi connectivity index (χ1v) is 7.36. The van der Waals surface area contributed by atoms with Gasteiger partial charge in [-0.15, -0.1) is 0 Å².